The summed E-state index contributed by atoms with van der Waals surface area (Å²) in [5, 5.41) is 2.44. The Bertz CT molecular complexity index is 3780. The van der Waals surface area contributed by atoms with Gasteiger partial charge >= 0.3 is 0 Å². The van der Waals surface area contributed by atoms with Crippen molar-refractivity contribution in [1.29, 1.82) is 0 Å². The zero-order valence-corrected chi connectivity index (χ0v) is 45.4. The van der Waals surface area contributed by atoms with E-state index in [1.165, 1.54) is 103 Å². The second-order valence-electron chi connectivity index (χ2n) is 22.2. The van der Waals surface area contributed by atoms with E-state index in [4.69, 9.17) is 0 Å². The molecule has 4 aliphatic carbocycles. The van der Waals surface area contributed by atoms with E-state index < -0.39 is 0 Å². The van der Waals surface area contributed by atoms with E-state index in [0.29, 0.717) is 0 Å². The van der Waals surface area contributed by atoms with Crippen LogP contribution in [0.25, 0.3) is 60.9 Å². The highest BCUT2D eigenvalue weighted by Gasteiger charge is 2.41. The molecule has 0 N–H and O–H groups in total. The average molecular weight is 990 g/mol. The van der Waals surface area contributed by atoms with Gasteiger partial charge in [-0.3, -0.25) is 0 Å². The number of thiophene rings is 1. The Hall–Kier alpha value is -7.74. The van der Waals surface area contributed by atoms with Gasteiger partial charge in [-0.2, -0.15) is 0 Å². The van der Waals surface area contributed by atoms with Gasteiger partial charge in [0.1, 0.15) is 0 Å². The molecule has 11 rings (SSSR count). The highest BCUT2D eigenvalue weighted by Crippen LogP contribution is 2.54. The van der Waals surface area contributed by atoms with Crippen molar-refractivity contribution in [1.82, 2.24) is 0 Å². The van der Waals surface area contributed by atoms with E-state index >= 15 is 0 Å². The van der Waals surface area contributed by atoms with E-state index in [1.54, 1.807) is 0 Å². The lowest BCUT2D eigenvalue weighted by Crippen LogP contribution is -2.19. The number of nitrogens with zero attached hydrogens (tertiary/aromatic N) is 1. The molecule has 2 heteroatoms. The van der Waals surface area contributed by atoms with Crippen molar-refractivity contribution in [2.24, 2.45) is 16.7 Å². The summed E-state index contributed by atoms with van der Waals surface area (Å²) in [6, 6.07) is 53.6. The summed E-state index contributed by atoms with van der Waals surface area (Å²) in [7, 11) is 0. The highest BCUT2D eigenvalue weighted by atomic mass is 32.1. The van der Waals surface area contributed by atoms with Crippen LogP contribution >= 0.6 is 11.3 Å². The van der Waals surface area contributed by atoms with Crippen LogP contribution in [0, 0.1) is 16.7 Å². The molecule has 1 nitrogen and oxygen atoms in total. The Labute approximate surface area is 449 Å². The molecule has 0 radical (unpaired) electrons. The zero-order valence-electron chi connectivity index (χ0n) is 44.6. The Morgan fingerprint density at radius 2 is 1.37 bits per heavy atom. The fraction of sp³-hybridized carbons (Fsp3) is 0.192. The van der Waals surface area contributed by atoms with Crippen molar-refractivity contribution >= 4 is 61.3 Å². The Balaban J connectivity index is 0.987. The van der Waals surface area contributed by atoms with Crippen LogP contribution in [0.4, 0.5) is 11.4 Å². The minimum absolute atomic E-state index is 0.128. The molecule has 0 amide bonds. The first-order valence-electron chi connectivity index (χ1n) is 27.0. The number of allylic oxidation sites excluding steroid dienone is 18. The summed E-state index contributed by atoms with van der Waals surface area (Å²) in [6.45, 7) is 16.7. The summed E-state index contributed by atoms with van der Waals surface area (Å²) >= 11 is 1.84. The lowest BCUT2D eigenvalue weighted by Gasteiger charge is -2.31. The Morgan fingerprint density at radius 3 is 2.08 bits per heavy atom. The third-order valence-electron chi connectivity index (χ3n) is 15.4. The quantitative estimate of drug-likeness (QED) is 0.125. The summed E-state index contributed by atoms with van der Waals surface area (Å²) in [6.07, 6.45) is 34.0. The first kappa shape index (κ1) is 49.5. The number of rotatable bonds is 11. The molecule has 370 valence electrons. The zero-order chi connectivity index (χ0) is 51.7. The van der Waals surface area contributed by atoms with Crippen molar-refractivity contribution in [2.45, 2.75) is 74.1 Å². The predicted octanol–water partition coefficient (Wildman–Crippen LogP) is 18.9. The van der Waals surface area contributed by atoms with Gasteiger partial charge in [0.15, 0.2) is 0 Å². The molecule has 1 unspecified atom stereocenters. The summed E-state index contributed by atoms with van der Waals surface area (Å²) in [5.41, 5.74) is 25.2. The Kier molecular flexibility index (Phi) is 13.8. The van der Waals surface area contributed by atoms with E-state index in [-0.39, 0.29) is 16.7 Å². The summed E-state index contributed by atoms with van der Waals surface area (Å²) < 4.78 is 2.54. The molecular formula is C73H67NS. The van der Waals surface area contributed by atoms with Gasteiger partial charge in [0.25, 0.3) is 0 Å². The van der Waals surface area contributed by atoms with Gasteiger partial charge in [0.2, 0.25) is 0 Å². The smallest absolute Gasteiger partial charge is 0.0458 e. The number of hydrogen-bond donors (Lipinski definition) is 0. The molecule has 6 aromatic carbocycles. The first-order chi connectivity index (χ1) is 36.4. The SMILES string of the molecule is CC/C=C(\C=C1/C(C)C2=C(C=C(N(c3ccc(C4=CC=C=c5c(sc6ccccc56)=C4)cc3)c3ccc(-c4ccc(-c5ccccc5)cc4)cc3)CC=C2)C1(C)C)c1c(CC(C)(C)C)cccc1C1=CCC=CC=C1. The summed E-state index contributed by atoms with van der Waals surface area (Å²) in [5.74, 6) is 0.235. The molecule has 4 aliphatic rings. The molecule has 7 aromatic rings. The third kappa shape index (κ3) is 10.1. The lowest BCUT2D eigenvalue weighted by atomic mass is 9.76. The molecule has 0 aliphatic heterocycles. The third-order valence-corrected chi connectivity index (χ3v) is 16.5. The topological polar surface area (TPSA) is 3.24 Å². The fourth-order valence-corrected chi connectivity index (χ4v) is 12.8. The molecule has 0 saturated carbocycles. The van der Waals surface area contributed by atoms with Gasteiger partial charge in [0, 0.05) is 54.7 Å². The molecule has 1 atom stereocenters. The van der Waals surface area contributed by atoms with Crippen LogP contribution in [-0.4, -0.2) is 0 Å². The average Bonchev–Trinajstić information content (AvgIpc) is 3.65. The normalized spacial score (nSPS) is 17.6. The second-order valence-corrected chi connectivity index (χ2v) is 23.3. The monoisotopic (exact) mass is 989 g/mol. The minimum atomic E-state index is -0.241. The number of anilines is 2. The maximum atomic E-state index is 3.60. The number of hydrogen-bond acceptors (Lipinski definition) is 2. The summed E-state index contributed by atoms with van der Waals surface area (Å²) in [4.78, 5) is 2.50. The van der Waals surface area contributed by atoms with Gasteiger partial charge in [-0.25, -0.2) is 0 Å². The molecule has 0 fully saturated rings. The van der Waals surface area contributed by atoms with E-state index in [9.17, 15) is 0 Å². The molecule has 0 bridgehead atoms. The van der Waals surface area contributed by atoms with Crippen molar-refractivity contribution in [3.05, 3.63) is 273 Å². The van der Waals surface area contributed by atoms with Crippen LogP contribution in [0.15, 0.2) is 241 Å². The molecule has 0 spiro atoms. The maximum Gasteiger partial charge on any atom is 0.0458 e. The van der Waals surface area contributed by atoms with Crippen LogP contribution in [0.5, 0.6) is 0 Å². The molecule has 1 aromatic heterocycles. The van der Waals surface area contributed by atoms with E-state index in [2.05, 4.69) is 284 Å². The van der Waals surface area contributed by atoms with Gasteiger partial charge in [0.05, 0.1) is 0 Å². The van der Waals surface area contributed by atoms with Crippen LogP contribution in [0.2, 0.25) is 0 Å². The van der Waals surface area contributed by atoms with Gasteiger partial charge in [-0.15, -0.1) is 17.1 Å². The van der Waals surface area contributed by atoms with Crippen molar-refractivity contribution in [3.8, 4) is 22.3 Å². The molecule has 1 heterocycles. The molecule has 0 saturated heterocycles. The van der Waals surface area contributed by atoms with Gasteiger partial charge in [-0.1, -0.05) is 224 Å². The molecule has 75 heavy (non-hydrogen) atoms. The molecular weight excluding hydrogens is 923 g/mol. The van der Waals surface area contributed by atoms with Crippen molar-refractivity contribution in [3.63, 3.8) is 0 Å². The lowest BCUT2D eigenvalue weighted by molar-refractivity contribution is 0.411. The van der Waals surface area contributed by atoms with Crippen LogP contribution in [0.1, 0.15) is 90.0 Å². The largest absolute Gasteiger partial charge is 0.314 e. The van der Waals surface area contributed by atoms with Crippen LogP contribution < -0.4 is 14.7 Å². The standard InChI is InChI=1S/C73H67NS/c1-8-21-58(71-59(49-72(3,4)5)27-19-31-64(71)56-24-12-9-10-13-25-56)46-67-50(2)63-30-20-28-62(48-68(63)73(67,6)7)74(60-42-38-54(39-43-60)53-36-34-52(35-37-53)51-22-14-11-15-23-51)61-44-40-55(41-45-61)57-26-18-32-66-65-29-16-17-33-69(65)75-70(66)47-57/h9-12,14-27,29-31,33-48,50H,8,13,28,49H2,1-7H3/b58-21+,67-46+. The second kappa shape index (κ2) is 20.9. The van der Waals surface area contributed by atoms with Gasteiger partial charge in [-0.05, 0) is 152 Å². The van der Waals surface area contributed by atoms with E-state index in [1.807, 2.05) is 11.3 Å². The van der Waals surface area contributed by atoms with E-state index in [0.717, 1.165) is 37.1 Å². The van der Waals surface area contributed by atoms with Crippen LogP contribution in [-0.2, 0) is 6.42 Å². The minimum Gasteiger partial charge on any atom is -0.314 e. The number of fused-ring (bicyclic) bond motifs is 3. The van der Waals surface area contributed by atoms with Gasteiger partial charge < -0.3 is 4.90 Å². The highest BCUT2D eigenvalue weighted by molar-refractivity contribution is 7.17. The first-order valence-corrected chi connectivity index (χ1v) is 27.8. The number of benzene rings is 6. The maximum absolute atomic E-state index is 3.60. The predicted molar refractivity (Wildman–Crippen MR) is 326 cm³/mol. The Morgan fingerprint density at radius 1 is 0.707 bits per heavy atom. The van der Waals surface area contributed by atoms with Crippen molar-refractivity contribution < 1.29 is 0 Å². The van der Waals surface area contributed by atoms with Crippen LogP contribution in [0.3, 0.4) is 0 Å². The fourth-order valence-electron chi connectivity index (χ4n) is 11.7. The van der Waals surface area contributed by atoms with Crippen molar-refractivity contribution in [2.75, 3.05) is 4.90 Å².